The fourth-order valence-corrected chi connectivity index (χ4v) is 1.30. The molecule has 0 unspecified atom stereocenters. The first-order chi connectivity index (χ1) is 6.70. The van der Waals surface area contributed by atoms with Crippen LogP contribution in [-0.4, -0.2) is 14.9 Å². The summed E-state index contributed by atoms with van der Waals surface area (Å²) in [5, 5.41) is 12.1. The van der Waals surface area contributed by atoms with Crippen LogP contribution in [0.25, 0.3) is 5.69 Å². The number of nitrogens with one attached hydrogen (secondary N) is 1. The van der Waals surface area contributed by atoms with E-state index in [9.17, 15) is 9.90 Å². The molecule has 1 aromatic carbocycles. The van der Waals surface area contributed by atoms with Crippen LogP contribution in [0.1, 0.15) is 5.69 Å². The first-order valence-corrected chi connectivity index (χ1v) is 4.26. The molecule has 0 saturated carbocycles. The number of para-hydroxylation sites is 1. The van der Waals surface area contributed by atoms with Gasteiger partial charge in [0.15, 0.2) is 0 Å². The van der Waals surface area contributed by atoms with Crippen molar-refractivity contribution < 1.29 is 5.11 Å². The van der Waals surface area contributed by atoms with Crippen molar-refractivity contribution in [3.05, 3.63) is 46.4 Å². The summed E-state index contributed by atoms with van der Waals surface area (Å²) in [6.07, 6.45) is 0. The van der Waals surface area contributed by atoms with Gasteiger partial charge in [-0.25, -0.2) is 4.68 Å². The third-order valence-corrected chi connectivity index (χ3v) is 2.05. The third kappa shape index (κ3) is 1.21. The van der Waals surface area contributed by atoms with Gasteiger partial charge in [-0.1, -0.05) is 18.2 Å². The predicted octanol–water partition coefficient (Wildman–Crippen LogP) is 1.18. The van der Waals surface area contributed by atoms with Gasteiger partial charge >= 0.3 is 5.56 Å². The van der Waals surface area contributed by atoms with Crippen molar-refractivity contribution in [2.75, 3.05) is 0 Å². The number of benzene rings is 1. The van der Waals surface area contributed by atoms with E-state index < -0.39 is 5.56 Å². The first kappa shape index (κ1) is 8.62. The van der Waals surface area contributed by atoms with Crippen LogP contribution < -0.4 is 5.56 Å². The van der Waals surface area contributed by atoms with E-state index in [0.717, 1.165) is 0 Å². The molecule has 0 radical (unpaired) electrons. The SMILES string of the molecule is Cc1[nH]n(-c2ccccc2)c(=O)c1O. The number of rotatable bonds is 1. The van der Waals surface area contributed by atoms with Gasteiger partial charge in [-0.15, -0.1) is 0 Å². The summed E-state index contributed by atoms with van der Waals surface area (Å²) < 4.78 is 1.31. The molecule has 2 rings (SSSR count). The van der Waals surface area contributed by atoms with E-state index in [2.05, 4.69) is 5.10 Å². The van der Waals surface area contributed by atoms with Crippen LogP contribution in [0.4, 0.5) is 0 Å². The Kier molecular flexibility index (Phi) is 1.89. The van der Waals surface area contributed by atoms with E-state index in [0.29, 0.717) is 11.4 Å². The highest BCUT2D eigenvalue weighted by molar-refractivity contribution is 5.34. The summed E-state index contributed by atoms with van der Waals surface area (Å²) in [4.78, 5) is 11.5. The zero-order chi connectivity index (χ0) is 10.1. The first-order valence-electron chi connectivity index (χ1n) is 4.26. The lowest BCUT2D eigenvalue weighted by molar-refractivity contribution is 0.465. The lowest BCUT2D eigenvalue weighted by Gasteiger charge is -1.98. The van der Waals surface area contributed by atoms with Crippen molar-refractivity contribution in [2.45, 2.75) is 6.92 Å². The molecular weight excluding hydrogens is 180 g/mol. The zero-order valence-corrected chi connectivity index (χ0v) is 7.69. The molecule has 0 aliphatic heterocycles. The minimum absolute atomic E-state index is 0.228. The van der Waals surface area contributed by atoms with Gasteiger partial charge in [0, 0.05) is 0 Å². The highest BCUT2D eigenvalue weighted by atomic mass is 16.3. The fraction of sp³-hybridized carbons (Fsp3) is 0.100. The van der Waals surface area contributed by atoms with Gasteiger partial charge in [-0.2, -0.15) is 0 Å². The Morgan fingerprint density at radius 1 is 1.29 bits per heavy atom. The van der Waals surface area contributed by atoms with Crippen LogP contribution in [0.5, 0.6) is 5.75 Å². The summed E-state index contributed by atoms with van der Waals surface area (Å²) in [6, 6.07) is 9.10. The average Bonchev–Trinajstić information content (AvgIpc) is 2.47. The van der Waals surface area contributed by atoms with Crippen LogP contribution in [0.3, 0.4) is 0 Å². The standard InChI is InChI=1S/C10H10N2O2/c1-7-9(13)10(14)12(11-7)8-5-3-2-4-6-8/h2-6,11,13H,1H3. The molecule has 0 saturated heterocycles. The van der Waals surface area contributed by atoms with Crippen molar-refractivity contribution in [3.63, 3.8) is 0 Å². The number of aromatic amines is 1. The van der Waals surface area contributed by atoms with Crippen molar-refractivity contribution >= 4 is 0 Å². The van der Waals surface area contributed by atoms with Crippen molar-refractivity contribution in [2.24, 2.45) is 0 Å². The molecule has 1 heterocycles. The van der Waals surface area contributed by atoms with Gasteiger partial charge in [0.2, 0.25) is 5.75 Å². The molecular formula is C10H10N2O2. The second kappa shape index (κ2) is 3.06. The Labute approximate surface area is 80.4 Å². The minimum atomic E-state index is -0.422. The molecule has 14 heavy (non-hydrogen) atoms. The Balaban J connectivity index is 2.64. The van der Waals surface area contributed by atoms with E-state index >= 15 is 0 Å². The number of aryl methyl sites for hydroxylation is 1. The zero-order valence-electron chi connectivity index (χ0n) is 7.69. The Morgan fingerprint density at radius 2 is 1.93 bits per heavy atom. The van der Waals surface area contributed by atoms with Gasteiger partial charge in [0.25, 0.3) is 0 Å². The molecule has 2 aromatic rings. The molecule has 4 nitrogen and oxygen atoms in total. The molecule has 0 atom stereocenters. The molecule has 0 spiro atoms. The Hall–Kier alpha value is -1.97. The largest absolute Gasteiger partial charge is 0.502 e. The second-order valence-corrected chi connectivity index (χ2v) is 3.06. The van der Waals surface area contributed by atoms with E-state index in [4.69, 9.17) is 0 Å². The summed E-state index contributed by atoms with van der Waals surface area (Å²) >= 11 is 0. The summed E-state index contributed by atoms with van der Waals surface area (Å²) in [5.74, 6) is -0.228. The quantitative estimate of drug-likeness (QED) is 0.709. The molecule has 0 aliphatic rings. The van der Waals surface area contributed by atoms with Crippen LogP contribution in [0.2, 0.25) is 0 Å². The fourth-order valence-electron chi connectivity index (χ4n) is 1.30. The number of hydrogen-bond donors (Lipinski definition) is 2. The Morgan fingerprint density at radius 3 is 2.43 bits per heavy atom. The topological polar surface area (TPSA) is 58.0 Å². The van der Waals surface area contributed by atoms with Gasteiger partial charge in [0.1, 0.15) is 0 Å². The van der Waals surface area contributed by atoms with Gasteiger partial charge in [0.05, 0.1) is 11.4 Å². The highest BCUT2D eigenvalue weighted by Gasteiger charge is 2.09. The summed E-state index contributed by atoms with van der Waals surface area (Å²) in [7, 11) is 0. The molecule has 1 aromatic heterocycles. The lowest BCUT2D eigenvalue weighted by Crippen LogP contribution is -2.13. The van der Waals surface area contributed by atoms with Crippen LogP contribution in [-0.2, 0) is 0 Å². The Bertz CT molecular complexity index is 497. The average molecular weight is 190 g/mol. The van der Waals surface area contributed by atoms with Crippen LogP contribution in [0.15, 0.2) is 35.1 Å². The molecule has 4 heteroatoms. The molecule has 2 N–H and O–H groups in total. The lowest BCUT2D eigenvalue weighted by atomic mass is 10.3. The molecule has 0 aliphatic carbocycles. The maximum atomic E-state index is 11.5. The van der Waals surface area contributed by atoms with E-state index in [1.807, 2.05) is 18.2 Å². The maximum Gasteiger partial charge on any atom is 0.313 e. The van der Waals surface area contributed by atoms with Crippen LogP contribution in [0, 0.1) is 6.92 Å². The number of aromatic nitrogens is 2. The van der Waals surface area contributed by atoms with E-state index in [1.165, 1.54) is 4.68 Å². The third-order valence-electron chi connectivity index (χ3n) is 2.05. The predicted molar refractivity (Wildman–Crippen MR) is 52.8 cm³/mol. The monoisotopic (exact) mass is 190 g/mol. The van der Waals surface area contributed by atoms with Crippen molar-refractivity contribution in [3.8, 4) is 11.4 Å². The summed E-state index contributed by atoms with van der Waals surface area (Å²) in [6.45, 7) is 1.65. The molecule has 0 amide bonds. The summed E-state index contributed by atoms with van der Waals surface area (Å²) in [5.41, 5.74) is 0.758. The number of hydrogen-bond acceptors (Lipinski definition) is 2. The highest BCUT2D eigenvalue weighted by Crippen LogP contribution is 2.10. The number of H-pyrrole nitrogens is 1. The van der Waals surface area contributed by atoms with Crippen molar-refractivity contribution in [1.29, 1.82) is 0 Å². The smallest absolute Gasteiger partial charge is 0.313 e. The number of nitrogens with zero attached hydrogens (tertiary/aromatic N) is 1. The van der Waals surface area contributed by atoms with E-state index in [-0.39, 0.29) is 5.75 Å². The maximum absolute atomic E-state index is 11.5. The molecule has 0 bridgehead atoms. The van der Waals surface area contributed by atoms with Gasteiger partial charge in [-0.05, 0) is 19.1 Å². The van der Waals surface area contributed by atoms with E-state index in [1.54, 1.807) is 19.1 Å². The molecule has 72 valence electrons. The van der Waals surface area contributed by atoms with Crippen LogP contribution >= 0.6 is 0 Å². The normalized spacial score (nSPS) is 10.4. The second-order valence-electron chi connectivity index (χ2n) is 3.06. The van der Waals surface area contributed by atoms with Gasteiger partial charge in [-0.3, -0.25) is 9.89 Å². The number of aromatic hydroxyl groups is 1. The van der Waals surface area contributed by atoms with Gasteiger partial charge < -0.3 is 5.11 Å². The molecule has 0 fully saturated rings. The van der Waals surface area contributed by atoms with Crippen molar-refractivity contribution in [1.82, 2.24) is 9.78 Å². The minimum Gasteiger partial charge on any atom is -0.502 e.